The maximum absolute atomic E-state index is 13.1. The minimum Gasteiger partial charge on any atom is -0.385 e. The van der Waals surface area contributed by atoms with Crippen molar-refractivity contribution in [3.63, 3.8) is 0 Å². The summed E-state index contributed by atoms with van der Waals surface area (Å²) in [6.07, 6.45) is -12.7. The molecule has 426 valence electrons. The zero-order valence-electron chi connectivity index (χ0n) is 46.4. The molecule has 7 aromatic carbocycles. The van der Waals surface area contributed by atoms with E-state index in [9.17, 15) is 5.11 Å². The molecule has 15 atom stereocenters. The van der Waals surface area contributed by atoms with Crippen LogP contribution in [-0.2, 0) is 103 Å². The molecule has 0 saturated carbocycles. The van der Waals surface area contributed by atoms with Gasteiger partial charge in [-0.1, -0.05) is 212 Å². The molecule has 13 heteroatoms. The zero-order valence-corrected chi connectivity index (χ0v) is 46.4. The summed E-state index contributed by atoms with van der Waals surface area (Å²) < 4.78 is 83.0. The van der Waals surface area contributed by atoms with Crippen LogP contribution in [0.2, 0.25) is 0 Å². The summed E-state index contributed by atoms with van der Waals surface area (Å²) in [5.41, 5.74) is 6.78. The van der Waals surface area contributed by atoms with Gasteiger partial charge in [0.1, 0.15) is 61.0 Å². The van der Waals surface area contributed by atoms with Crippen LogP contribution in [0.1, 0.15) is 59.7 Å². The Balaban J connectivity index is 0.997. The lowest BCUT2D eigenvalue weighted by Crippen LogP contribution is -2.66. The summed E-state index contributed by atoms with van der Waals surface area (Å²) in [6.45, 7) is 7.73. The van der Waals surface area contributed by atoms with Gasteiger partial charge in [0, 0.05) is 0 Å². The van der Waals surface area contributed by atoms with Crippen molar-refractivity contribution in [3.05, 3.63) is 251 Å². The van der Waals surface area contributed by atoms with Crippen LogP contribution in [0.4, 0.5) is 0 Å². The standard InChI is InChI=1S/C68H76O13/c1-47-60(72-41-52-29-15-6-16-30-52)64(74-43-54-33-19-8-20-34-54)61(49(3)77-47)80-67-58(69)63(59(48(2)78-67)71-40-51-27-13-5-14-28-51)81-68-66(76-45-56-37-23-10-24-38-56)65(75-44-55-35-21-9-22-36-55)62(73-42-53-31-17-7-18-32-53)57(79-68)46-70-39-50-25-11-4-12-26-50/h4-38,47-49,57-69H,39-46H2,1-3H3/t47?,48?,49-,57+,58?,59-,60-,61?,62+,63-,64+,65?,66?,67-,68+/m0/s1. The summed E-state index contributed by atoms with van der Waals surface area (Å²) in [5.74, 6) is 0. The molecule has 0 radical (unpaired) electrons. The first-order valence-electron chi connectivity index (χ1n) is 28.3. The van der Waals surface area contributed by atoms with Gasteiger partial charge in [0.05, 0.1) is 71.2 Å². The molecule has 0 aromatic heterocycles. The fraction of sp³-hybridized carbons (Fsp3) is 0.382. The average molecular weight is 1100 g/mol. The van der Waals surface area contributed by atoms with Gasteiger partial charge in [0.15, 0.2) is 12.6 Å². The summed E-state index contributed by atoms with van der Waals surface area (Å²) in [6, 6.07) is 69.8. The van der Waals surface area contributed by atoms with Gasteiger partial charge in [-0.25, -0.2) is 0 Å². The largest absolute Gasteiger partial charge is 0.385 e. The van der Waals surface area contributed by atoms with E-state index in [2.05, 4.69) is 0 Å². The lowest BCUT2D eigenvalue weighted by atomic mass is 9.94. The van der Waals surface area contributed by atoms with Crippen LogP contribution in [0, 0.1) is 0 Å². The van der Waals surface area contributed by atoms with Crippen LogP contribution in [0.5, 0.6) is 0 Å². The minimum atomic E-state index is -1.46. The molecule has 10 rings (SSSR count). The molecular formula is C68H76O13. The third-order valence-corrected chi connectivity index (χ3v) is 15.0. The van der Waals surface area contributed by atoms with E-state index in [1.54, 1.807) is 0 Å². The van der Waals surface area contributed by atoms with E-state index in [0.717, 1.165) is 38.9 Å². The van der Waals surface area contributed by atoms with Gasteiger partial charge in [-0.2, -0.15) is 0 Å². The second-order valence-electron chi connectivity index (χ2n) is 21.1. The Morgan fingerprint density at radius 2 is 0.593 bits per heavy atom. The van der Waals surface area contributed by atoms with Crippen molar-refractivity contribution in [2.75, 3.05) is 6.61 Å². The predicted molar refractivity (Wildman–Crippen MR) is 305 cm³/mol. The van der Waals surface area contributed by atoms with E-state index in [-0.39, 0.29) is 45.7 Å². The lowest BCUT2D eigenvalue weighted by molar-refractivity contribution is -0.382. The first-order chi connectivity index (χ1) is 39.8. The molecule has 3 saturated heterocycles. The molecule has 0 bridgehead atoms. The number of hydrogen-bond acceptors (Lipinski definition) is 13. The van der Waals surface area contributed by atoms with Crippen molar-refractivity contribution in [2.45, 2.75) is 159 Å². The second-order valence-corrected chi connectivity index (χ2v) is 21.1. The number of benzene rings is 7. The van der Waals surface area contributed by atoms with Crippen molar-refractivity contribution in [3.8, 4) is 0 Å². The van der Waals surface area contributed by atoms with Crippen LogP contribution >= 0.6 is 0 Å². The Morgan fingerprint density at radius 3 is 1.00 bits per heavy atom. The van der Waals surface area contributed by atoms with Crippen LogP contribution in [0.3, 0.4) is 0 Å². The topological polar surface area (TPSA) is 131 Å². The van der Waals surface area contributed by atoms with Crippen LogP contribution in [-0.4, -0.2) is 104 Å². The number of ether oxygens (including phenoxy) is 12. The van der Waals surface area contributed by atoms with E-state index in [0.29, 0.717) is 13.2 Å². The number of aliphatic hydroxyl groups is 1. The van der Waals surface area contributed by atoms with E-state index >= 15 is 0 Å². The molecule has 3 heterocycles. The van der Waals surface area contributed by atoms with Gasteiger partial charge < -0.3 is 61.9 Å². The zero-order chi connectivity index (χ0) is 55.6. The molecule has 6 unspecified atom stereocenters. The number of hydrogen-bond donors (Lipinski definition) is 1. The fourth-order valence-corrected chi connectivity index (χ4v) is 10.8. The molecule has 7 aromatic rings. The van der Waals surface area contributed by atoms with E-state index in [4.69, 9.17) is 56.8 Å². The van der Waals surface area contributed by atoms with Gasteiger partial charge in [-0.15, -0.1) is 0 Å². The van der Waals surface area contributed by atoms with E-state index in [1.807, 2.05) is 233 Å². The highest BCUT2D eigenvalue weighted by Gasteiger charge is 2.55. The van der Waals surface area contributed by atoms with Crippen molar-refractivity contribution in [1.29, 1.82) is 0 Å². The number of rotatable bonds is 26. The van der Waals surface area contributed by atoms with E-state index < -0.39 is 85.8 Å². The molecule has 3 aliphatic heterocycles. The Kier molecular flexibility index (Phi) is 21.4. The van der Waals surface area contributed by atoms with Crippen molar-refractivity contribution in [1.82, 2.24) is 0 Å². The second kappa shape index (κ2) is 29.8. The summed E-state index contributed by atoms with van der Waals surface area (Å²) in [7, 11) is 0. The molecular weight excluding hydrogens is 1020 g/mol. The monoisotopic (exact) mass is 1100 g/mol. The molecule has 81 heavy (non-hydrogen) atoms. The fourth-order valence-electron chi connectivity index (χ4n) is 10.8. The molecule has 0 amide bonds. The summed E-state index contributed by atoms with van der Waals surface area (Å²) in [4.78, 5) is 0. The highest BCUT2D eigenvalue weighted by Crippen LogP contribution is 2.38. The van der Waals surface area contributed by atoms with Gasteiger partial charge in [-0.05, 0) is 59.7 Å². The van der Waals surface area contributed by atoms with Gasteiger partial charge >= 0.3 is 0 Å². The molecule has 0 spiro atoms. The molecule has 13 nitrogen and oxygen atoms in total. The highest BCUT2D eigenvalue weighted by molar-refractivity contribution is 5.19. The third kappa shape index (κ3) is 16.2. The predicted octanol–water partition coefficient (Wildman–Crippen LogP) is 11.1. The average Bonchev–Trinajstić information content (AvgIpc) is 3.57. The first kappa shape index (κ1) is 58.2. The molecule has 0 aliphatic carbocycles. The normalized spacial score (nSPS) is 28.6. The van der Waals surface area contributed by atoms with Gasteiger partial charge in [-0.3, -0.25) is 0 Å². The molecule has 3 fully saturated rings. The highest BCUT2D eigenvalue weighted by atomic mass is 16.8. The summed E-state index contributed by atoms with van der Waals surface area (Å²) >= 11 is 0. The van der Waals surface area contributed by atoms with E-state index in [1.165, 1.54) is 0 Å². The van der Waals surface area contributed by atoms with Crippen LogP contribution < -0.4 is 0 Å². The molecule has 3 aliphatic rings. The smallest absolute Gasteiger partial charge is 0.187 e. The number of aliphatic hydroxyl groups excluding tert-OH is 1. The third-order valence-electron chi connectivity index (χ3n) is 15.0. The van der Waals surface area contributed by atoms with Crippen molar-refractivity contribution < 1.29 is 61.9 Å². The van der Waals surface area contributed by atoms with Crippen molar-refractivity contribution in [2.24, 2.45) is 0 Å². The first-order valence-corrected chi connectivity index (χ1v) is 28.3. The Hall–Kier alpha value is -5.98. The van der Waals surface area contributed by atoms with Crippen LogP contribution in [0.25, 0.3) is 0 Å². The lowest BCUT2D eigenvalue weighted by Gasteiger charge is -2.50. The maximum atomic E-state index is 13.1. The van der Waals surface area contributed by atoms with Crippen molar-refractivity contribution >= 4 is 0 Å². The van der Waals surface area contributed by atoms with Crippen LogP contribution in [0.15, 0.2) is 212 Å². The van der Waals surface area contributed by atoms with Gasteiger partial charge in [0.2, 0.25) is 0 Å². The minimum absolute atomic E-state index is 0.104. The Morgan fingerprint density at radius 1 is 0.296 bits per heavy atom. The SMILES string of the molecule is CC1O[C@@H](OC2[C@H](C)OC(C)[C@H](OCc3ccccc3)[C@H]2OCc2ccccc2)C(O)[C@H](O[C@H]2O[C@H](COCc3ccccc3)[C@@H](OCc3ccccc3)C(OCc3ccccc3)C2OCc2ccccc2)[C@H]1OCc1ccccc1. The molecule has 1 N–H and O–H groups in total. The Labute approximate surface area is 476 Å². The maximum Gasteiger partial charge on any atom is 0.187 e. The van der Waals surface area contributed by atoms with Gasteiger partial charge in [0.25, 0.3) is 0 Å². The summed E-state index contributed by atoms with van der Waals surface area (Å²) in [5, 5.41) is 13.1. The quantitative estimate of drug-likeness (QED) is 0.0553. The Bertz CT molecular complexity index is 2840.